The van der Waals surface area contributed by atoms with E-state index in [2.05, 4.69) is 6.92 Å². The maximum atomic E-state index is 11.4. The standard InChI is InChI=1S/C12H21BO3/c1-8-9(14)7-12(8,6)13-15-10(2,3)11(4,5)16-13/h8H,7H2,1-6H3. The molecule has 1 aliphatic carbocycles. The van der Waals surface area contributed by atoms with Crippen LogP contribution in [0.1, 0.15) is 48.0 Å². The largest absolute Gasteiger partial charge is 0.465 e. The first-order valence-electron chi connectivity index (χ1n) is 5.98. The fourth-order valence-corrected chi connectivity index (χ4v) is 2.32. The Bertz CT molecular complexity index is 321. The van der Waals surface area contributed by atoms with Crippen molar-refractivity contribution in [2.75, 3.05) is 0 Å². The minimum Gasteiger partial charge on any atom is -0.403 e. The normalized spacial score (nSPS) is 41.0. The molecule has 4 heteroatoms. The Hall–Kier alpha value is -0.345. The van der Waals surface area contributed by atoms with E-state index < -0.39 is 0 Å². The second-order valence-corrected chi connectivity index (χ2v) is 6.46. The quantitative estimate of drug-likeness (QED) is 0.641. The molecule has 0 spiro atoms. The van der Waals surface area contributed by atoms with Gasteiger partial charge in [0.25, 0.3) is 0 Å². The minimum absolute atomic E-state index is 0.0437. The maximum Gasteiger partial charge on any atom is 0.465 e. The molecule has 2 rings (SSSR count). The van der Waals surface area contributed by atoms with E-state index in [1.165, 1.54) is 0 Å². The lowest BCUT2D eigenvalue weighted by Gasteiger charge is -2.44. The van der Waals surface area contributed by atoms with Crippen molar-refractivity contribution in [2.24, 2.45) is 5.92 Å². The molecule has 0 radical (unpaired) electrons. The summed E-state index contributed by atoms with van der Waals surface area (Å²) in [7, 11) is -0.259. The van der Waals surface area contributed by atoms with Gasteiger partial charge in [-0.1, -0.05) is 13.8 Å². The van der Waals surface area contributed by atoms with Crippen molar-refractivity contribution in [2.45, 2.75) is 64.5 Å². The lowest BCUT2D eigenvalue weighted by atomic mass is 9.42. The van der Waals surface area contributed by atoms with Crippen LogP contribution in [0.5, 0.6) is 0 Å². The van der Waals surface area contributed by atoms with E-state index in [9.17, 15) is 4.79 Å². The van der Waals surface area contributed by atoms with Crippen LogP contribution < -0.4 is 0 Å². The highest BCUT2D eigenvalue weighted by atomic mass is 16.7. The Kier molecular flexibility index (Phi) is 2.35. The van der Waals surface area contributed by atoms with Crippen molar-refractivity contribution >= 4 is 12.9 Å². The SMILES string of the molecule is CC1C(=O)CC1(C)B1OC(C)(C)C(C)(C)O1. The molecule has 1 aliphatic heterocycles. The van der Waals surface area contributed by atoms with Crippen LogP contribution in [0.2, 0.25) is 5.31 Å². The molecule has 0 aromatic heterocycles. The molecule has 90 valence electrons. The summed E-state index contributed by atoms with van der Waals surface area (Å²) in [6.07, 6.45) is 0.574. The van der Waals surface area contributed by atoms with E-state index in [-0.39, 0.29) is 29.6 Å². The minimum atomic E-state index is -0.307. The van der Waals surface area contributed by atoms with Crippen molar-refractivity contribution in [3.63, 3.8) is 0 Å². The van der Waals surface area contributed by atoms with Gasteiger partial charge in [0.1, 0.15) is 5.78 Å². The van der Waals surface area contributed by atoms with E-state index in [4.69, 9.17) is 9.31 Å². The van der Waals surface area contributed by atoms with E-state index in [1.807, 2.05) is 34.6 Å². The summed E-state index contributed by atoms with van der Waals surface area (Å²) < 4.78 is 12.0. The van der Waals surface area contributed by atoms with Gasteiger partial charge in [-0.05, 0) is 27.7 Å². The van der Waals surface area contributed by atoms with Crippen molar-refractivity contribution in [3.8, 4) is 0 Å². The number of hydrogen-bond acceptors (Lipinski definition) is 3. The monoisotopic (exact) mass is 224 g/mol. The Morgan fingerprint density at radius 2 is 1.56 bits per heavy atom. The summed E-state index contributed by atoms with van der Waals surface area (Å²) in [5.74, 6) is 0.361. The molecule has 16 heavy (non-hydrogen) atoms. The summed E-state index contributed by atoms with van der Waals surface area (Å²) in [6.45, 7) is 12.2. The highest BCUT2D eigenvalue weighted by molar-refractivity contribution is 6.52. The molecule has 0 amide bonds. The van der Waals surface area contributed by atoms with E-state index in [1.54, 1.807) is 0 Å². The molecule has 1 heterocycles. The number of carbonyl (C=O) groups is 1. The predicted octanol–water partition coefficient (Wildman–Crippen LogP) is 2.45. The smallest absolute Gasteiger partial charge is 0.403 e. The van der Waals surface area contributed by atoms with Crippen LogP contribution in [0.4, 0.5) is 0 Å². The summed E-state index contributed by atoms with van der Waals surface area (Å²) >= 11 is 0. The Balaban J connectivity index is 2.19. The summed E-state index contributed by atoms with van der Waals surface area (Å²) in [5, 5.41) is -0.151. The van der Waals surface area contributed by atoms with Crippen LogP contribution in [0.15, 0.2) is 0 Å². The zero-order valence-corrected chi connectivity index (χ0v) is 11.1. The number of ketones is 1. The molecule has 0 bridgehead atoms. The van der Waals surface area contributed by atoms with Crippen LogP contribution in [0, 0.1) is 5.92 Å². The second-order valence-electron chi connectivity index (χ2n) is 6.46. The molecule has 2 fully saturated rings. The number of Topliss-reactive ketones (excluding diaryl/α,β-unsaturated/α-hetero) is 1. The third-order valence-electron chi connectivity index (χ3n) is 4.82. The van der Waals surface area contributed by atoms with Gasteiger partial charge in [-0.15, -0.1) is 0 Å². The Morgan fingerprint density at radius 3 is 1.88 bits per heavy atom. The summed E-state index contributed by atoms with van der Waals surface area (Å²) in [6, 6.07) is 0. The molecule has 0 N–H and O–H groups in total. The predicted molar refractivity (Wildman–Crippen MR) is 63.2 cm³/mol. The first-order chi connectivity index (χ1) is 7.10. The van der Waals surface area contributed by atoms with Crippen LogP contribution in [0.3, 0.4) is 0 Å². The molecule has 3 nitrogen and oxygen atoms in total. The van der Waals surface area contributed by atoms with Gasteiger partial charge >= 0.3 is 7.12 Å². The van der Waals surface area contributed by atoms with Crippen molar-refractivity contribution in [3.05, 3.63) is 0 Å². The summed E-state index contributed by atoms with van der Waals surface area (Å²) in [4.78, 5) is 11.4. The van der Waals surface area contributed by atoms with Crippen LogP contribution in [-0.4, -0.2) is 24.1 Å². The van der Waals surface area contributed by atoms with Gasteiger partial charge in [0, 0.05) is 17.7 Å². The molecule has 0 aromatic carbocycles. The van der Waals surface area contributed by atoms with Gasteiger partial charge < -0.3 is 9.31 Å². The first kappa shape index (κ1) is 12.1. The first-order valence-corrected chi connectivity index (χ1v) is 5.98. The molecule has 2 aliphatic rings. The van der Waals surface area contributed by atoms with Gasteiger partial charge in [0.2, 0.25) is 0 Å². The Morgan fingerprint density at radius 1 is 1.12 bits per heavy atom. The van der Waals surface area contributed by atoms with Crippen LogP contribution in [-0.2, 0) is 14.1 Å². The zero-order chi connectivity index (χ0) is 12.4. The summed E-state index contributed by atoms with van der Waals surface area (Å²) in [5.41, 5.74) is -0.613. The van der Waals surface area contributed by atoms with Crippen molar-refractivity contribution in [1.82, 2.24) is 0 Å². The third kappa shape index (κ3) is 1.39. The number of rotatable bonds is 1. The lowest BCUT2D eigenvalue weighted by molar-refractivity contribution is -0.132. The topological polar surface area (TPSA) is 35.5 Å². The molecular weight excluding hydrogens is 203 g/mol. The third-order valence-corrected chi connectivity index (χ3v) is 4.82. The Labute approximate surface area is 98.0 Å². The fourth-order valence-electron chi connectivity index (χ4n) is 2.32. The maximum absolute atomic E-state index is 11.4. The second kappa shape index (κ2) is 3.11. The fraction of sp³-hybridized carbons (Fsp3) is 0.917. The van der Waals surface area contributed by atoms with Gasteiger partial charge in [0.15, 0.2) is 0 Å². The van der Waals surface area contributed by atoms with E-state index >= 15 is 0 Å². The molecule has 0 aromatic rings. The van der Waals surface area contributed by atoms with Crippen LogP contribution >= 0.6 is 0 Å². The number of hydrogen-bond donors (Lipinski definition) is 0. The van der Waals surface area contributed by atoms with Crippen molar-refractivity contribution < 1.29 is 14.1 Å². The highest BCUT2D eigenvalue weighted by Crippen LogP contribution is 2.57. The van der Waals surface area contributed by atoms with Crippen molar-refractivity contribution in [1.29, 1.82) is 0 Å². The number of carbonyl (C=O) groups excluding carboxylic acids is 1. The highest BCUT2D eigenvalue weighted by Gasteiger charge is 2.64. The van der Waals surface area contributed by atoms with Gasteiger partial charge in [-0.2, -0.15) is 0 Å². The average molecular weight is 224 g/mol. The zero-order valence-electron chi connectivity index (χ0n) is 11.1. The van der Waals surface area contributed by atoms with Gasteiger partial charge in [0.05, 0.1) is 11.2 Å². The average Bonchev–Trinajstić information content (AvgIpc) is 2.36. The molecular formula is C12H21BO3. The van der Waals surface area contributed by atoms with Gasteiger partial charge in [-0.3, -0.25) is 4.79 Å². The van der Waals surface area contributed by atoms with E-state index in [0.717, 1.165) is 0 Å². The van der Waals surface area contributed by atoms with E-state index in [0.29, 0.717) is 12.2 Å². The molecule has 2 unspecified atom stereocenters. The molecule has 1 saturated heterocycles. The molecule has 1 saturated carbocycles. The molecule has 2 atom stereocenters. The van der Waals surface area contributed by atoms with Crippen LogP contribution in [0.25, 0.3) is 0 Å². The van der Waals surface area contributed by atoms with Gasteiger partial charge in [-0.25, -0.2) is 0 Å². The lowest BCUT2D eigenvalue weighted by Crippen LogP contribution is -2.50.